The fourth-order valence-electron chi connectivity index (χ4n) is 0.996. The molecular formula is C9H21N3O. The van der Waals surface area contributed by atoms with Crippen molar-refractivity contribution in [2.24, 2.45) is 5.73 Å². The van der Waals surface area contributed by atoms with Crippen molar-refractivity contribution >= 4 is 5.91 Å². The molecule has 0 spiro atoms. The topological polar surface area (TPSA) is 58.4 Å². The molecule has 0 rings (SSSR count). The van der Waals surface area contributed by atoms with Crippen LogP contribution in [-0.2, 0) is 4.79 Å². The third kappa shape index (κ3) is 9.30. The molecule has 0 aliphatic rings. The van der Waals surface area contributed by atoms with Crippen LogP contribution >= 0.6 is 0 Å². The van der Waals surface area contributed by atoms with Crippen molar-refractivity contribution in [3.63, 3.8) is 0 Å². The average Bonchev–Trinajstić information content (AvgIpc) is 2.00. The fraction of sp³-hybridized carbons (Fsp3) is 0.889. The first-order valence-corrected chi connectivity index (χ1v) is 4.68. The van der Waals surface area contributed by atoms with E-state index in [-0.39, 0.29) is 5.91 Å². The molecule has 78 valence electrons. The summed E-state index contributed by atoms with van der Waals surface area (Å²) in [6, 6.07) is 0.446. The lowest BCUT2D eigenvalue weighted by molar-refractivity contribution is -0.117. The molecule has 0 aliphatic carbocycles. The molecule has 0 aliphatic heterocycles. The van der Waals surface area contributed by atoms with Gasteiger partial charge in [0.1, 0.15) is 0 Å². The standard InChI is InChI=1S/C9H21N3O/c1-8(5-7-12(2)3)11-6-4-9(10)13/h8,11H,4-7H2,1-3H3,(H2,10,13). The summed E-state index contributed by atoms with van der Waals surface area (Å²) in [4.78, 5) is 12.6. The molecule has 0 saturated heterocycles. The molecule has 13 heavy (non-hydrogen) atoms. The summed E-state index contributed by atoms with van der Waals surface area (Å²) in [6.45, 7) is 3.86. The summed E-state index contributed by atoms with van der Waals surface area (Å²) >= 11 is 0. The van der Waals surface area contributed by atoms with E-state index in [0.717, 1.165) is 13.0 Å². The molecule has 0 fully saturated rings. The van der Waals surface area contributed by atoms with Crippen LogP contribution in [0.5, 0.6) is 0 Å². The number of nitrogens with zero attached hydrogens (tertiary/aromatic N) is 1. The smallest absolute Gasteiger partial charge is 0.218 e. The molecule has 3 N–H and O–H groups in total. The zero-order valence-corrected chi connectivity index (χ0v) is 8.84. The molecule has 0 bridgehead atoms. The summed E-state index contributed by atoms with van der Waals surface area (Å²) in [5, 5.41) is 3.24. The van der Waals surface area contributed by atoms with E-state index in [2.05, 4.69) is 31.2 Å². The maximum atomic E-state index is 10.4. The van der Waals surface area contributed by atoms with Crippen LogP contribution in [0.2, 0.25) is 0 Å². The first kappa shape index (κ1) is 12.4. The van der Waals surface area contributed by atoms with Crippen LogP contribution in [0.3, 0.4) is 0 Å². The summed E-state index contributed by atoms with van der Waals surface area (Å²) < 4.78 is 0. The van der Waals surface area contributed by atoms with Crippen LogP contribution in [0, 0.1) is 0 Å². The van der Waals surface area contributed by atoms with Gasteiger partial charge in [0, 0.05) is 19.0 Å². The quantitative estimate of drug-likeness (QED) is 0.580. The van der Waals surface area contributed by atoms with Crippen molar-refractivity contribution in [2.45, 2.75) is 25.8 Å². The van der Waals surface area contributed by atoms with Gasteiger partial charge in [-0.2, -0.15) is 0 Å². The van der Waals surface area contributed by atoms with Crippen molar-refractivity contribution in [1.82, 2.24) is 10.2 Å². The van der Waals surface area contributed by atoms with Gasteiger partial charge < -0.3 is 16.0 Å². The van der Waals surface area contributed by atoms with Gasteiger partial charge in [-0.25, -0.2) is 0 Å². The molecule has 4 heteroatoms. The van der Waals surface area contributed by atoms with Crippen molar-refractivity contribution in [3.05, 3.63) is 0 Å². The van der Waals surface area contributed by atoms with Gasteiger partial charge in [0.05, 0.1) is 0 Å². The monoisotopic (exact) mass is 187 g/mol. The summed E-state index contributed by atoms with van der Waals surface area (Å²) in [7, 11) is 4.10. The van der Waals surface area contributed by atoms with Gasteiger partial charge in [-0.3, -0.25) is 4.79 Å². The second kappa shape index (κ2) is 6.86. The largest absolute Gasteiger partial charge is 0.370 e. The number of hydrogen-bond donors (Lipinski definition) is 2. The van der Waals surface area contributed by atoms with Crippen LogP contribution < -0.4 is 11.1 Å². The van der Waals surface area contributed by atoms with E-state index in [1.807, 2.05) is 0 Å². The fourth-order valence-corrected chi connectivity index (χ4v) is 0.996. The average molecular weight is 187 g/mol. The predicted octanol–water partition coefficient (Wildman–Crippen LogP) is -0.208. The Morgan fingerprint density at radius 3 is 2.62 bits per heavy atom. The van der Waals surface area contributed by atoms with Crippen molar-refractivity contribution in [1.29, 1.82) is 0 Å². The predicted molar refractivity (Wildman–Crippen MR) is 54.4 cm³/mol. The number of carbonyl (C=O) groups excluding carboxylic acids is 1. The minimum absolute atomic E-state index is 0.243. The Hall–Kier alpha value is -0.610. The first-order chi connectivity index (χ1) is 6.02. The zero-order chi connectivity index (χ0) is 10.3. The van der Waals surface area contributed by atoms with E-state index in [0.29, 0.717) is 19.0 Å². The number of nitrogens with two attached hydrogens (primary N) is 1. The molecule has 0 aromatic carbocycles. The molecule has 4 nitrogen and oxygen atoms in total. The molecule has 0 aromatic heterocycles. The third-order valence-corrected chi connectivity index (χ3v) is 1.87. The summed E-state index contributed by atoms with van der Waals surface area (Å²) in [5.41, 5.74) is 5.01. The number of hydrogen-bond acceptors (Lipinski definition) is 3. The lowest BCUT2D eigenvalue weighted by Gasteiger charge is -2.16. The van der Waals surface area contributed by atoms with E-state index in [1.165, 1.54) is 0 Å². The number of primary amides is 1. The van der Waals surface area contributed by atoms with Crippen molar-refractivity contribution in [3.8, 4) is 0 Å². The Morgan fingerprint density at radius 1 is 1.54 bits per heavy atom. The van der Waals surface area contributed by atoms with Crippen molar-refractivity contribution in [2.75, 3.05) is 27.2 Å². The van der Waals surface area contributed by atoms with Crippen LogP contribution in [-0.4, -0.2) is 44.0 Å². The Labute approximate surface area is 80.5 Å². The second-order valence-corrected chi connectivity index (χ2v) is 3.66. The lowest BCUT2D eigenvalue weighted by atomic mass is 10.2. The molecule has 0 heterocycles. The molecule has 0 saturated carbocycles. The highest BCUT2D eigenvalue weighted by Gasteiger charge is 2.02. The van der Waals surface area contributed by atoms with Crippen LogP contribution in [0.15, 0.2) is 0 Å². The minimum Gasteiger partial charge on any atom is -0.370 e. The highest BCUT2D eigenvalue weighted by molar-refractivity contribution is 5.73. The zero-order valence-electron chi connectivity index (χ0n) is 8.84. The molecule has 0 aromatic rings. The van der Waals surface area contributed by atoms with Crippen molar-refractivity contribution < 1.29 is 4.79 Å². The maximum absolute atomic E-state index is 10.4. The molecule has 0 radical (unpaired) electrons. The Balaban J connectivity index is 3.29. The van der Waals surface area contributed by atoms with Gasteiger partial charge in [-0.15, -0.1) is 0 Å². The first-order valence-electron chi connectivity index (χ1n) is 4.68. The van der Waals surface area contributed by atoms with E-state index in [4.69, 9.17) is 5.73 Å². The normalized spacial score (nSPS) is 13.2. The number of carbonyl (C=O) groups is 1. The number of rotatable bonds is 7. The molecule has 1 unspecified atom stereocenters. The number of nitrogens with one attached hydrogen (secondary N) is 1. The Bertz CT molecular complexity index is 148. The second-order valence-electron chi connectivity index (χ2n) is 3.66. The summed E-state index contributed by atoms with van der Waals surface area (Å²) in [6.07, 6.45) is 1.51. The van der Waals surface area contributed by atoms with E-state index < -0.39 is 0 Å². The highest BCUT2D eigenvalue weighted by Crippen LogP contribution is 1.91. The Morgan fingerprint density at radius 2 is 2.15 bits per heavy atom. The van der Waals surface area contributed by atoms with Gasteiger partial charge in [0.15, 0.2) is 0 Å². The SMILES string of the molecule is CC(CCN(C)C)NCCC(N)=O. The molecule has 1 amide bonds. The third-order valence-electron chi connectivity index (χ3n) is 1.87. The van der Waals surface area contributed by atoms with Gasteiger partial charge in [-0.1, -0.05) is 0 Å². The van der Waals surface area contributed by atoms with E-state index in [9.17, 15) is 4.79 Å². The van der Waals surface area contributed by atoms with Gasteiger partial charge in [0.2, 0.25) is 5.91 Å². The van der Waals surface area contributed by atoms with Gasteiger partial charge in [-0.05, 0) is 34.0 Å². The van der Waals surface area contributed by atoms with E-state index in [1.54, 1.807) is 0 Å². The maximum Gasteiger partial charge on any atom is 0.218 e. The van der Waals surface area contributed by atoms with Gasteiger partial charge >= 0.3 is 0 Å². The van der Waals surface area contributed by atoms with Crippen LogP contribution in [0.1, 0.15) is 19.8 Å². The highest BCUT2D eigenvalue weighted by atomic mass is 16.1. The van der Waals surface area contributed by atoms with E-state index >= 15 is 0 Å². The number of amides is 1. The molecule has 1 atom stereocenters. The Kier molecular flexibility index (Phi) is 6.54. The summed E-state index contributed by atoms with van der Waals surface area (Å²) in [5.74, 6) is -0.243. The van der Waals surface area contributed by atoms with Gasteiger partial charge in [0.25, 0.3) is 0 Å². The van der Waals surface area contributed by atoms with Crippen LogP contribution in [0.4, 0.5) is 0 Å². The molecular weight excluding hydrogens is 166 g/mol. The van der Waals surface area contributed by atoms with Crippen LogP contribution in [0.25, 0.3) is 0 Å². The minimum atomic E-state index is -0.243. The lowest BCUT2D eigenvalue weighted by Crippen LogP contribution is -2.32.